The summed E-state index contributed by atoms with van der Waals surface area (Å²) in [6, 6.07) is 0. The molecular weight excluding hydrogens is 264 g/mol. The summed E-state index contributed by atoms with van der Waals surface area (Å²) in [5.74, 6) is 1.30. The molecule has 1 aromatic rings. The third-order valence-electron chi connectivity index (χ3n) is 6.37. The molecule has 0 saturated heterocycles. The Morgan fingerprint density at radius 2 is 2.14 bits per heavy atom. The fraction of sp³-hybridized carbons (Fsp3) is 0.824. The highest BCUT2D eigenvalue weighted by Crippen LogP contribution is 2.72. The number of methoxy groups -OCH3 is 1. The van der Waals surface area contributed by atoms with Crippen LogP contribution in [0.4, 0.5) is 0 Å². The molecule has 21 heavy (non-hydrogen) atoms. The van der Waals surface area contributed by atoms with Gasteiger partial charge in [-0.1, -0.05) is 27.7 Å². The highest BCUT2D eigenvalue weighted by molar-refractivity contribution is 5.38. The quantitative estimate of drug-likeness (QED) is 0.926. The fourth-order valence-electron chi connectivity index (χ4n) is 5.11. The molecule has 3 unspecified atom stereocenters. The molecule has 0 amide bonds. The monoisotopic (exact) mass is 292 g/mol. The molecule has 4 heteroatoms. The van der Waals surface area contributed by atoms with Gasteiger partial charge in [0.2, 0.25) is 0 Å². The summed E-state index contributed by atoms with van der Waals surface area (Å²) in [7, 11) is 1.67. The maximum Gasteiger partial charge on any atom is 0.162 e. The van der Waals surface area contributed by atoms with Gasteiger partial charge in [0, 0.05) is 17.4 Å². The van der Waals surface area contributed by atoms with Crippen molar-refractivity contribution in [3.63, 3.8) is 0 Å². The lowest BCUT2D eigenvalue weighted by Gasteiger charge is -2.50. The van der Waals surface area contributed by atoms with Crippen molar-refractivity contribution in [3.05, 3.63) is 11.9 Å². The Morgan fingerprint density at radius 1 is 1.43 bits per heavy atom. The third kappa shape index (κ3) is 1.63. The van der Waals surface area contributed by atoms with Crippen LogP contribution in [0.25, 0.3) is 0 Å². The number of rotatable bonds is 4. The number of aryl methyl sites for hydroxylation is 1. The van der Waals surface area contributed by atoms with E-state index in [2.05, 4.69) is 32.8 Å². The van der Waals surface area contributed by atoms with Crippen LogP contribution >= 0.6 is 0 Å². The van der Waals surface area contributed by atoms with Crippen molar-refractivity contribution in [2.45, 2.75) is 65.5 Å². The summed E-state index contributed by atoms with van der Waals surface area (Å²) in [5, 5.41) is 16.4. The normalized spacial score (nSPS) is 37.1. The molecule has 3 atom stereocenters. The van der Waals surface area contributed by atoms with Gasteiger partial charge in [-0.15, -0.1) is 0 Å². The lowest BCUT2D eigenvalue weighted by Crippen LogP contribution is -2.52. The topological polar surface area (TPSA) is 47.3 Å². The molecule has 2 aliphatic carbocycles. The van der Waals surface area contributed by atoms with Gasteiger partial charge >= 0.3 is 0 Å². The summed E-state index contributed by atoms with van der Waals surface area (Å²) in [4.78, 5) is 0. The molecule has 118 valence electrons. The molecule has 2 aliphatic rings. The lowest BCUT2D eigenvalue weighted by atomic mass is 9.59. The van der Waals surface area contributed by atoms with E-state index in [1.54, 1.807) is 13.3 Å². The van der Waals surface area contributed by atoms with Crippen molar-refractivity contribution >= 4 is 0 Å². The van der Waals surface area contributed by atoms with Gasteiger partial charge in [0.15, 0.2) is 5.75 Å². The Kier molecular flexibility index (Phi) is 3.18. The van der Waals surface area contributed by atoms with Gasteiger partial charge in [0.1, 0.15) is 11.3 Å². The number of hydrogen-bond donors (Lipinski definition) is 1. The zero-order chi connectivity index (χ0) is 15.5. The second-order valence-electron chi connectivity index (χ2n) is 7.72. The molecule has 3 rings (SSSR count). The summed E-state index contributed by atoms with van der Waals surface area (Å²) in [5.41, 5.74) is -0.222. The Labute approximate surface area is 127 Å². The second kappa shape index (κ2) is 4.48. The molecule has 1 heterocycles. The van der Waals surface area contributed by atoms with E-state index < -0.39 is 5.60 Å². The summed E-state index contributed by atoms with van der Waals surface area (Å²) >= 11 is 0. The van der Waals surface area contributed by atoms with E-state index in [4.69, 9.17) is 4.74 Å². The van der Waals surface area contributed by atoms with Crippen LogP contribution in [-0.4, -0.2) is 22.0 Å². The largest absolute Gasteiger partial charge is 0.493 e. The van der Waals surface area contributed by atoms with E-state index in [-0.39, 0.29) is 10.8 Å². The van der Waals surface area contributed by atoms with Crippen molar-refractivity contribution in [1.82, 2.24) is 9.78 Å². The van der Waals surface area contributed by atoms with E-state index in [0.29, 0.717) is 5.92 Å². The van der Waals surface area contributed by atoms with Crippen LogP contribution in [0.3, 0.4) is 0 Å². The standard InChI is InChI=1S/C17H28N2O2/c1-6-9-19-14(13(21-5)11-18-19)17(20)15(2,3)12-7-8-16(17,4)10-12/h11-12,20H,6-10H2,1-5H3. The van der Waals surface area contributed by atoms with E-state index in [1.165, 1.54) is 6.42 Å². The zero-order valence-electron chi connectivity index (χ0n) is 13.9. The van der Waals surface area contributed by atoms with Gasteiger partial charge in [-0.05, 0) is 31.6 Å². The maximum absolute atomic E-state index is 11.9. The molecule has 2 saturated carbocycles. The Hall–Kier alpha value is -1.03. The predicted molar refractivity (Wildman–Crippen MR) is 82.2 cm³/mol. The molecular formula is C17H28N2O2. The highest BCUT2D eigenvalue weighted by atomic mass is 16.5. The summed E-state index contributed by atoms with van der Waals surface area (Å²) < 4.78 is 7.52. The van der Waals surface area contributed by atoms with E-state index in [9.17, 15) is 5.11 Å². The average molecular weight is 292 g/mol. The number of aromatic nitrogens is 2. The Morgan fingerprint density at radius 3 is 2.67 bits per heavy atom. The minimum Gasteiger partial charge on any atom is -0.493 e. The number of aliphatic hydroxyl groups is 1. The number of ether oxygens (including phenoxy) is 1. The smallest absolute Gasteiger partial charge is 0.162 e. The first-order valence-electron chi connectivity index (χ1n) is 8.14. The van der Waals surface area contributed by atoms with Crippen LogP contribution in [0.1, 0.15) is 59.1 Å². The third-order valence-corrected chi connectivity index (χ3v) is 6.37. The van der Waals surface area contributed by atoms with Gasteiger partial charge in [-0.2, -0.15) is 5.10 Å². The van der Waals surface area contributed by atoms with Gasteiger partial charge < -0.3 is 9.84 Å². The summed E-state index contributed by atoms with van der Waals surface area (Å²) in [6.07, 6.45) is 6.15. The Balaban J connectivity index is 2.20. The molecule has 0 radical (unpaired) electrons. The van der Waals surface area contributed by atoms with Crippen LogP contribution in [0.5, 0.6) is 5.75 Å². The SMILES string of the molecule is CCCn1ncc(OC)c1C1(O)C2(C)CCC(C2)C1(C)C. The number of hydrogen-bond acceptors (Lipinski definition) is 3. The van der Waals surface area contributed by atoms with E-state index in [1.807, 2.05) is 4.68 Å². The second-order valence-corrected chi connectivity index (χ2v) is 7.72. The van der Waals surface area contributed by atoms with Gasteiger partial charge in [-0.25, -0.2) is 0 Å². The minimum absolute atomic E-state index is 0.0834. The highest BCUT2D eigenvalue weighted by Gasteiger charge is 2.70. The van der Waals surface area contributed by atoms with Gasteiger partial charge in [-0.3, -0.25) is 4.68 Å². The first-order valence-corrected chi connectivity index (χ1v) is 8.14. The maximum atomic E-state index is 11.9. The van der Waals surface area contributed by atoms with E-state index >= 15 is 0 Å². The van der Waals surface area contributed by atoms with Crippen molar-refractivity contribution in [3.8, 4) is 5.75 Å². The van der Waals surface area contributed by atoms with Crippen LogP contribution < -0.4 is 4.74 Å². The summed E-state index contributed by atoms with van der Waals surface area (Å²) in [6.45, 7) is 9.62. The van der Waals surface area contributed by atoms with Gasteiger partial charge in [0.05, 0.1) is 13.3 Å². The van der Waals surface area contributed by atoms with E-state index in [0.717, 1.165) is 37.3 Å². The molecule has 0 spiro atoms. The van der Waals surface area contributed by atoms with Crippen LogP contribution in [0, 0.1) is 16.7 Å². The van der Waals surface area contributed by atoms with Crippen LogP contribution in [-0.2, 0) is 12.1 Å². The van der Waals surface area contributed by atoms with Crippen molar-refractivity contribution in [2.75, 3.05) is 7.11 Å². The fourth-order valence-corrected chi connectivity index (χ4v) is 5.11. The first kappa shape index (κ1) is 14.9. The predicted octanol–water partition coefficient (Wildman–Crippen LogP) is 3.34. The molecule has 2 bridgehead atoms. The van der Waals surface area contributed by atoms with Crippen molar-refractivity contribution in [2.24, 2.45) is 16.7 Å². The van der Waals surface area contributed by atoms with Crippen LogP contribution in [0.2, 0.25) is 0 Å². The average Bonchev–Trinajstić information content (AvgIpc) is 3.05. The van der Waals surface area contributed by atoms with Crippen LogP contribution in [0.15, 0.2) is 6.20 Å². The van der Waals surface area contributed by atoms with Crippen molar-refractivity contribution < 1.29 is 9.84 Å². The van der Waals surface area contributed by atoms with Crippen molar-refractivity contribution in [1.29, 1.82) is 0 Å². The minimum atomic E-state index is -0.875. The molecule has 0 aromatic carbocycles. The molecule has 0 aliphatic heterocycles. The van der Waals surface area contributed by atoms with Gasteiger partial charge in [0.25, 0.3) is 0 Å². The number of nitrogens with zero attached hydrogens (tertiary/aromatic N) is 2. The molecule has 1 N–H and O–H groups in total. The number of fused-ring (bicyclic) bond motifs is 2. The molecule has 2 fully saturated rings. The zero-order valence-corrected chi connectivity index (χ0v) is 13.9. The molecule has 1 aromatic heterocycles. The first-order chi connectivity index (χ1) is 9.81. The lowest BCUT2D eigenvalue weighted by molar-refractivity contribution is -0.157. The molecule has 4 nitrogen and oxygen atoms in total. The Bertz CT molecular complexity index is 544.